The number of hydrogen-bond acceptors (Lipinski definition) is 1. The molecular formula is C25H27N. The monoisotopic (exact) mass is 341 g/mol. The molecule has 3 rings (SSSR count). The summed E-state index contributed by atoms with van der Waals surface area (Å²) in [5, 5.41) is 0. The molecular weight excluding hydrogens is 314 g/mol. The Morgan fingerprint density at radius 1 is 0.692 bits per heavy atom. The summed E-state index contributed by atoms with van der Waals surface area (Å²) < 4.78 is 0. The van der Waals surface area contributed by atoms with Crippen molar-refractivity contribution in [2.75, 3.05) is 0 Å². The Bertz CT molecular complexity index is 838. The molecule has 0 heterocycles. The van der Waals surface area contributed by atoms with Gasteiger partial charge in [0.05, 0.1) is 6.54 Å². The average Bonchev–Trinajstić information content (AvgIpc) is 2.66. The third kappa shape index (κ3) is 4.92. The van der Waals surface area contributed by atoms with Gasteiger partial charge in [-0.2, -0.15) is 0 Å². The van der Waals surface area contributed by atoms with Gasteiger partial charge >= 0.3 is 0 Å². The number of benzene rings is 3. The molecule has 0 aliphatic heterocycles. The fourth-order valence-electron chi connectivity index (χ4n) is 2.97. The second kappa shape index (κ2) is 8.14. The summed E-state index contributed by atoms with van der Waals surface area (Å²) in [4.78, 5) is 4.95. The van der Waals surface area contributed by atoms with Crippen molar-refractivity contribution in [3.8, 4) is 0 Å². The van der Waals surface area contributed by atoms with E-state index in [0.717, 1.165) is 12.1 Å². The van der Waals surface area contributed by atoms with Crippen LogP contribution in [0.15, 0.2) is 89.9 Å². The predicted molar refractivity (Wildman–Crippen MR) is 112 cm³/mol. The van der Waals surface area contributed by atoms with Crippen molar-refractivity contribution >= 4 is 5.71 Å². The summed E-state index contributed by atoms with van der Waals surface area (Å²) >= 11 is 0. The van der Waals surface area contributed by atoms with Crippen molar-refractivity contribution in [1.29, 1.82) is 0 Å². The molecule has 3 aromatic rings. The summed E-state index contributed by atoms with van der Waals surface area (Å²) in [5.74, 6) is 0. The maximum Gasteiger partial charge on any atom is 0.0643 e. The van der Waals surface area contributed by atoms with E-state index >= 15 is 0 Å². The molecule has 0 saturated carbocycles. The van der Waals surface area contributed by atoms with Gasteiger partial charge in [-0.15, -0.1) is 0 Å². The minimum atomic E-state index is 0.183. The van der Waals surface area contributed by atoms with Gasteiger partial charge < -0.3 is 0 Å². The van der Waals surface area contributed by atoms with E-state index in [4.69, 9.17) is 4.99 Å². The van der Waals surface area contributed by atoms with E-state index in [2.05, 4.69) is 99.6 Å². The van der Waals surface area contributed by atoms with Crippen LogP contribution in [-0.4, -0.2) is 5.71 Å². The molecule has 0 fully saturated rings. The van der Waals surface area contributed by atoms with Crippen LogP contribution in [0, 0.1) is 0 Å². The third-order valence-electron chi connectivity index (χ3n) is 4.59. The highest BCUT2D eigenvalue weighted by molar-refractivity contribution is 6.01. The first-order valence-corrected chi connectivity index (χ1v) is 9.24. The molecule has 1 heteroatoms. The first-order chi connectivity index (χ1) is 12.5. The van der Waals surface area contributed by atoms with Crippen molar-refractivity contribution < 1.29 is 0 Å². The second-order valence-corrected chi connectivity index (χ2v) is 7.74. The fraction of sp³-hybridized carbons (Fsp3) is 0.240. The van der Waals surface area contributed by atoms with Crippen LogP contribution < -0.4 is 0 Å². The molecule has 0 unspecified atom stereocenters. The normalized spacial score (nSPS) is 12.2. The van der Waals surface area contributed by atoms with E-state index in [0.29, 0.717) is 6.54 Å². The maximum absolute atomic E-state index is 4.95. The Morgan fingerprint density at radius 3 is 1.85 bits per heavy atom. The first-order valence-electron chi connectivity index (χ1n) is 9.24. The lowest BCUT2D eigenvalue weighted by atomic mass is 9.86. The zero-order valence-corrected chi connectivity index (χ0v) is 15.9. The molecule has 3 aromatic carbocycles. The Labute approximate surface area is 157 Å². The molecule has 132 valence electrons. The topological polar surface area (TPSA) is 12.4 Å². The van der Waals surface area contributed by atoms with E-state index in [-0.39, 0.29) is 5.41 Å². The number of aliphatic imine (C=N–C) groups is 1. The zero-order chi connectivity index (χ0) is 18.4. The van der Waals surface area contributed by atoms with Crippen LogP contribution in [0.4, 0.5) is 0 Å². The number of hydrogen-bond donors (Lipinski definition) is 0. The average molecular weight is 341 g/mol. The molecule has 0 saturated heterocycles. The van der Waals surface area contributed by atoms with Gasteiger partial charge in [-0.3, -0.25) is 4.99 Å². The Balaban J connectivity index is 1.84. The summed E-state index contributed by atoms with van der Waals surface area (Å²) in [6, 6.07) is 29.9. The van der Waals surface area contributed by atoms with Crippen molar-refractivity contribution in [3.05, 3.63) is 107 Å². The lowest BCUT2D eigenvalue weighted by Crippen LogP contribution is -2.11. The largest absolute Gasteiger partial charge is 0.284 e. The van der Waals surface area contributed by atoms with E-state index in [1.54, 1.807) is 0 Å². The van der Waals surface area contributed by atoms with Crippen LogP contribution in [-0.2, 0) is 18.4 Å². The van der Waals surface area contributed by atoms with Crippen molar-refractivity contribution in [2.45, 2.75) is 39.2 Å². The standard InChI is InChI=1S/C25H27N/c1-25(2,3)23-16-14-20(15-17-23)18-24(22-12-8-5-9-13-22)26-19-21-10-6-4-7-11-21/h4-17H,18-19H2,1-3H3. The molecule has 0 atom stereocenters. The molecule has 0 aliphatic carbocycles. The van der Waals surface area contributed by atoms with Gasteiger partial charge in [0, 0.05) is 12.1 Å². The Kier molecular flexibility index (Phi) is 5.68. The van der Waals surface area contributed by atoms with E-state index in [1.165, 1.54) is 22.3 Å². The smallest absolute Gasteiger partial charge is 0.0643 e. The van der Waals surface area contributed by atoms with Crippen LogP contribution in [0.1, 0.15) is 43.0 Å². The summed E-state index contributed by atoms with van der Waals surface area (Å²) in [6.45, 7) is 7.46. The maximum atomic E-state index is 4.95. The van der Waals surface area contributed by atoms with Crippen LogP contribution in [0.25, 0.3) is 0 Å². The highest BCUT2D eigenvalue weighted by atomic mass is 14.7. The number of rotatable bonds is 5. The molecule has 0 radical (unpaired) electrons. The summed E-state index contributed by atoms with van der Waals surface area (Å²) in [6.07, 6.45) is 0.848. The zero-order valence-electron chi connectivity index (χ0n) is 15.9. The van der Waals surface area contributed by atoms with Crippen LogP contribution in [0.2, 0.25) is 0 Å². The fourth-order valence-corrected chi connectivity index (χ4v) is 2.97. The van der Waals surface area contributed by atoms with Gasteiger partial charge in [0.1, 0.15) is 0 Å². The Morgan fingerprint density at radius 2 is 1.27 bits per heavy atom. The number of nitrogens with zero attached hydrogens (tertiary/aromatic N) is 1. The highest BCUT2D eigenvalue weighted by Gasteiger charge is 2.13. The van der Waals surface area contributed by atoms with Crippen molar-refractivity contribution in [2.24, 2.45) is 4.99 Å². The van der Waals surface area contributed by atoms with Crippen LogP contribution >= 0.6 is 0 Å². The molecule has 26 heavy (non-hydrogen) atoms. The quantitative estimate of drug-likeness (QED) is 0.489. The molecule has 1 nitrogen and oxygen atoms in total. The molecule has 0 bridgehead atoms. The summed E-state index contributed by atoms with van der Waals surface area (Å²) in [7, 11) is 0. The van der Waals surface area contributed by atoms with Crippen LogP contribution in [0.5, 0.6) is 0 Å². The SMILES string of the molecule is CC(C)(C)c1ccc(CC(=NCc2ccccc2)c2ccccc2)cc1. The van der Waals surface area contributed by atoms with Gasteiger partial charge in [0.2, 0.25) is 0 Å². The van der Waals surface area contributed by atoms with Gasteiger partial charge in [-0.1, -0.05) is 106 Å². The lowest BCUT2D eigenvalue weighted by Gasteiger charge is -2.19. The van der Waals surface area contributed by atoms with E-state index in [9.17, 15) is 0 Å². The predicted octanol–water partition coefficient (Wildman–Crippen LogP) is 6.22. The molecule has 0 aromatic heterocycles. The molecule has 0 spiro atoms. The first kappa shape index (κ1) is 18.1. The van der Waals surface area contributed by atoms with Gasteiger partial charge in [0.15, 0.2) is 0 Å². The lowest BCUT2D eigenvalue weighted by molar-refractivity contribution is 0.590. The summed E-state index contributed by atoms with van der Waals surface area (Å²) in [5.41, 5.74) is 6.42. The molecule has 0 N–H and O–H groups in total. The van der Waals surface area contributed by atoms with Gasteiger partial charge in [0.25, 0.3) is 0 Å². The van der Waals surface area contributed by atoms with Crippen LogP contribution in [0.3, 0.4) is 0 Å². The van der Waals surface area contributed by atoms with Gasteiger partial charge in [-0.05, 0) is 27.7 Å². The molecule has 0 aliphatic rings. The van der Waals surface area contributed by atoms with Crippen molar-refractivity contribution in [1.82, 2.24) is 0 Å². The van der Waals surface area contributed by atoms with Crippen molar-refractivity contribution in [3.63, 3.8) is 0 Å². The minimum Gasteiger partial charge on any atom is -0.284 e. The highest BCUT2D eigenvalue weighted by Crippen LogP contribution is 2.22. The van der Waals surface area contributed by atoms with E-state index in [1.807, 2.05) is 6.07 Å². The van der Waals surface area contributed by atoms with E-state index < -0.39 is 0 Å². The molecule has 0 amide bonds. The minimum absolute atomic E-state index is 0.183. The third-order valence-corrected chi connectivity index (χ3v) is 4.59. The van der Waals surface area contributed by atoms with Gasteiger partial charge in [-0.25, -0.2) is 0 Å². The second-order valence-electron chi connectivity index (χ2n) is 7.74. The Hall–Kier alpha value is -2.67.